The number of carbonyl (C=O) groups excluding carboxylic acids is 1. The monoisotopic (exact) mass is 362 g/mol. The molecule has 1 aromatic heterocycles. The van der Waals surface area contributed by atoms with E-state index in [2.05, 4.69) is 17.2 Å². The number of pyridine rings is 1. The Morgan fingerprint density at radius 3 is 2.48 bits per heavy atom. The van der Waals surface area contributed by atoms with Crippen LogP contribution in [-0.2, 0) is 11.2 Å². The van der Waals surface area contributed by atoms with E-state index in [0.717, 1.165) is 23.2 Å². The van der Waals surface area contributed by atoms with Crippen molar-refractivity contribution in [2.45, 2.75) is 20.3 Å². The summed E-state index contributed by atoms with van der Waals surface area (Å²) in [5, 5.41) is 2.95. The lowest BCUT2D eigenvalue weighted by molar-refractivity contribution is -0.118. The van der Waals surface area contributed by atoms with Crippen molar-refractivity contribution in [3.8, 4) is 17.4 Å². The third-order valence-electron chi connectivity index (χ3n) is 4.06. The van der Waals surface area contributed by atoms with Crippen molar-refractivity contribution in [2.75, 3.05) is 11.9 Å². The van der Waals surface area contributed by atoms with Crippen LogP contribution in [0.1, 0.15) is 18.1 Å². The minimum Gasteiger partial charge on any atom is -0.484 e. The largest absolute Gasteiger partial charge is 0.484 e. The summed E-state index contributed by atoms with van der Waals surface area (Å²) in [4.78, 5) is 16.4. The Morgan fingerprint density at radius 2 is 1.78 bits per heavy atom. The molecular weight excluding hydrogens is 340 g/mol. The van der Waals surface area contributed by atoms with Gasteiger partial charge in [-0.15, -0.1) is 0 Å². The Kier molecular flexibility index (Phi) is 6.05. The first-order chi connectivity index (χ1) is 13.2. The number of hydrogen-bond donors (Lipinski definition) is 1. The standard InChI is InChI=1S/C22H22N2O3/c1-3-17-8-6-7-16(2)22(17)24-20(25)15-26-18-10-12-19(13-11-18)27-21-9-4-5-14-23-21/h4-14H,3,15H2,1-2H3,(H,24,25). The summed E-state index contributed by atoms with van der Waals surface area (Å²) in [6.07, 6.45) is 2.53. The Morgan fingerprint density at radius 1 is 1.00 bits per heavy atom. The van der Waals surface area contributed by atoms with Gasteiger partial charge >= 0.3 is 0 Å². The molecule has 1 heterocycles. The molecule has 0 fully saturated rings. The van der Waals surface area contributed by atoms with Crippen LogP contribution in [0.5, 0.6) is 17.4 Å². The summed E-state index contributed by atoms with van der Waals surface area (Å²) in [6, 6.07) is 18.5. The van der Waals surface area contributed by atoms with E-state index in [4.69, 9.17) is 9.47 Å². The summed E-state index contributed by atoms with van der Waals surface area (Å²) in [5.74, 6) is 1.58. The summed E-state index contributed by atoms with van der Waals surface area (Å²) in [6.45, 7) is 3.99. The molecule has 0 atom stereocenters. The van der Waals surface area contributed by atoms with Crippen LogP contribution in [0.4, 0.5) is 5.69 Å². The minimum atomic E-state index is -0.187. The van der Waals surface area contributed by atoms with Crippen LogP contribution in [0.3, 0.4) is 0 Å². The molecule has 1 N–H and O–H groups in total. The Hall–Kier alpha value is -3.34. The van der Waals surface area contributed by atoms with Crippen LogP contribution in [-0.4, -0.2) is 17.5 Å². The van der Waals surface area contributed by atoms with Crippen LogP contribution in [0.15, 0.2) is 66.9 Å². The minimum absolute atomic E-state index is 0.0576. The summed E-state index contributed by atoms with van der Waals surface area (Å²) in [5.41, 5.74) is 3.02. The lowest BCUT2D eigenvalue weighted by atomic mass is 10.1. The topological polar surface area (TPSA) is 60.5 Å². The highest BCUT2D eigenvalue weighted by molar-refractivity contribution is 5.93. The highest BCUT2D eigenvalue weighted by Gasteiger charge is 2.09. The number of aromatic nitrogens is 1. The SMILES string of the molecule is CCc1cccc(C)c1NC(=O)COc1ccc(Oc2ccccn2)cc1. The maximum absolute atomic E-state index is 12.2. The fourth-order valence-electron chi connectivity index (χ4n) is 2.66. The Bertz CT molecular complexity index is 893. The molecule has 1 amide bonds. The van der Waals surface area contributed by atoms with E-state index in [0.29, 0.717) is 17.4 Å². The van der Waals surface area contributed by atoms with Crippen molar-refractivity contribution in [1.29, 1.82) is 0 Å². The van der Waals surface area contributed by atoms with E-state index in [1.54, 1.807) is 36.5 Å². The molecule has 0 aliphatic carbocycles. The third kappa shape index (κ3) is 5.07. The van der Waals surface area contributed by atoms with Gasteiger partial charge in [0.05, 0.1) is 0 Å². The van der Waals surface area contributed by atoms with Crippen LogP contribution in [0, 0.1) is 6.92 Å². The molecule has 0 spiro atoms. The predicted octanol–water partition coefficient (Wildman–Crippen LogP) is 4.76. The molecule has 0 saturated heterocycles. The van der Waals surface area contributed by atoms with Crippen LogP contribution in [0.25, 0.3) is 0 Å². The molecule has 0 unspecified atom stereocenters. The van der Waals surface area contributed by atoms with E-state index in [-0.39, 0.29) is 12.5 Å². The number of benzene rings is 2. The number of rotatable bonds is 7. The number of amides is 1. The van der Waals surface area contributed by atoms with Gasteiger partial charge in [-0.05, 0) is 54.8 Å². The van der Waals surface area contributed by atoms with Gasteiger partial charge in [0.1, 0.15) is 11.5 Å². The number of nitrogens with zero attached hydrogens (tertiary/aromatic N) is 1. The normalized spacial score (nSPS) is 10.3. The molecule has 0 bridgehead atoms. The molecule has 5 nitrogen and oxygen atoms in total. The van der Waals surface area contributed by atoms with Gasteiger partial charge in [-0.3, -0.25) is 4.79 Å². The molecule has 0 radical (unpaired) electrons. The maximum Gasteiger partial charge on any atom is 0.262 e. The van der Waals surface area contributed by atoms with Crippen molar-refractivity contribution in [3.63, 3.8) is 0 Å². The summed E-state index contributed by atoms with van der Waals surface area (Å²) in [7, 11) is 0. The number of carbonyl (C=O) groups is 1. The van der Waals surface area contributed by atoms with E-state index >= 15 is 0 Å². The third-order valence-corrected chi connectivity index (χ3v) is 4.06. The molecular formula is C22H22N2O3. The molecule has 0 aliphatic rings. The van der Waals surface area contributed by atoms with E-state index < -0.39 is 0 Å². The number of hydrogen-bond acceptors (Lipinski definition) is 4. The zero-order valence-electron chi connectivity index (χ0n) is 15.4. The maximum atomic E-state index is 12.2. The van der Waals surface area contributed by atoms with Gasteiger partial charge < -0.3 is 14.8 Å². The van der Waals surface area contributed by atoms with E-state index in [1.807, 2.05) is 37.3 Å². The number of anilines is 1. The first-order valence-corrected chi connectivity index (χ1v) is 8.86. The predicted molar refractivity (Wildman–Crippen MR) is 105 cm³/mol. The molecule has 0 aliphatic heterocycles. The highest BCUT2D eigenvalue weighted by Crippen LogP contribution is 2.23. The van der Waals surface area contributed by atoms with Gasteiger partial charge in [0, 0.05) is 18.0 Å². The Labute approximate surface area is 159 Å². The van der Waals surface area contributed by atoms with Crippen molar-refractivity contribution in [2.24, 2.45) is 0 Å². The van der Waals surface area contributed by atoms with Crippen molar-refractivity contribution < 1.29 is 14.3 Å². The zero-order chi connectivity index (χ0) is 19.1. The van der Waals surface area contributed by atoms with Gasteiger partial charge in [-0.1, -0.05) is 31.2 Å². The van der Waals surface area contributed by atoms with Crippen LogP contribution in [0.2, 0.25) is 0 Å². The molecule has 3 aromatic rings. The van der Waals surface area contributed by atoms with E-state index in [9.17, 15) is 4.79 Å². The fourth-order valence-corrected chi connectivity index (χ4v) is 2.66. The van der Waals surface area contributed by atoms with Gasteiger partial charge in [-0.2, -0.15) is 0 Å². The average molecular weight is 362 g/mol. The number of para-hydroxylation sites is 1. The first kappa shape index (κ1) is 18.5. The highest BCUT2D eigenvalue weighted by atomic mass is 16.5. The van der Waals surface area contributed by atoms with Crippen LogP contribution >= 0.6 is 0 Å². The van der Waals surface area contributed by atoms with Crippen LogP contribution < -0.4 is 14.8 Å². The molecule has 3 rings (SSSR count). The number of nitrogens with one attached hydrogen (secondary N) is 1. The number of aryl methyl sites for hydroxylation is 2. The molecule has 2 aromatic carbocycles. The van der Waals surface area contributed by atoms with Crippen molar-refractivity contribution >= 4 is 11.6 Å². The molecule has 5 heteroatoms. The van der Waals surface area contributed by atoms with Gasteiger partial charge in [0.15, 0.2) is 6.61 Å². The zero-order valence-corrected chi connectivity index (χ0v) is 15.4. The lowest BCUT2D eigenvalue weighted by Gasteiger charge is -2.13. The van der Waals surface area contributed by atoms with Gasteiger partial charge in [0.25, 0.3) is 5.91 Å². The summed E-state index contributed by atoms with van der Waals surface area (Å²) >= 11 is 0. The molecule has 27 heavy (non-hydrogen) atoms. The summed E-state index contributed by atoms with van der Waals surface area (Å²) < 4.78 is 11.2. The number of ether oxygens (including phenoxy) is 2. The smallest absolute Gasteiger partial charge is 0.262 e. The fraction of sp³-hybridized carbons (Fsp3) is 0.182. The second kappa shape index (κ2) is 8.85. The van der Waals surface area contributed by atoms with Crippen molar-refractivity contribution in [1.82, 2.24) is 4.98 Å². The van der Waals surface area contributed by atoms with Crippen molar-refractivity contribution in [3.05, 3.63) is 78.0 Å². The Balaban J connectivity index is 1.55. The van der Waals surface area contributed by atoms with Gasteiger partial charge in [0.2, 0.25) is 5.88 Å². The average Bonchev–Trinajstić information content (AvgIpc) is 2.70. The lowest BCUT2D eigenvalue weighted by Crippen LogP contribution is -2.21. The quantitative estimate of drug-likeness (QED) is 0.658. The second-order valence-electron chi connectivity index (χ2n) is 6.04. The first-order valence-electron chi connectivity index (χ1n) is 8.86. The van der Waals surface area contributed by atoms with Gasteiger partial charge in [-0.25, -0.2) is 4.98 Å². The molecule has 138 valence electrons. The molecule has 0 saturated carbocycles. The van der Waals surface area contributed by atoms with E-state index in [1.165, 1.54) is 0 Å². The second-order valence-corrected chi connectivity index (χ2v) is 6.04.